The fraction of sp³-hybridized carbons (Fsp3) is 0.500. The molecule has 0 bridgehead atoms. The maximum absolute atomic E-state index is 10.2. The molecule has 0 saturated carbocycles. The maximum atomic E-state index is 10.2. The van der Waals surface area contributed by atoms with Crippen molar-refractivity contribution in [2.24, 2.45) is 0 Å². The largest absolute Gasteiger partial charge is 0.478 e. The number of rotatable bonds is 3. The Balaban J connectivity index is 3.85. The van der Waals surface area contributed by atoms with Crippen LogP contribution in [0.4, 0.5) is 0 Å². The van der Waals surface area contributed by atoms with Gasteiger partial charge in [0.1, 0.15) is 0 Å². The average Bonchev–Trinajstić information content (AvgIpc) is 1.82. The van der Waals surface area contributed by atoms with Gasteiger partial charge in [-0.3, -0.25) is 0 Å². The molecule has 0 saturated heterocycles. The number of nitrogens with one attached hydrogen (secondary N) is 1. The first kappa shape index (κ1) is 8.17. The van der Waals surface area contributed by atoms with E-state index in [1.165, 1.54) is 0 Å². The summed E-state index contributed by atoms with van der Waals surface area (Å²) >= 11 is 0. The van der Waals surface area contributed by atoms with Crippen LogP contribution in [0.2, 0.25) is 0 Å². The number of carboxylic acids is 1. The first-order valence-corrected chi connectivity index (χ1v) is 2.75. The van der Waals surface area contributed by atoms with Crippen LogP contribution in [0.1, 0.15) is 6.92 Å². The van der Waals surface area contributed by atoms with Crippen molar-refractivity contribution in [1.82, 2.24) is 5.32 Å². The second-order valence-corrected chi connectivity index (χ2v) is 1.65. The van der Waals surface area contributed by atoms with E-state index in [4.69, 9.17) is 5.11 Å². The van der Waals surface area contributed by atoms with Gasteiger partial charge in [-0.05, 0) is 14.0 Å². The predicted molar refractivity (Wildman–Crippen MR) is 35.3 cm³/mol. The second kappa shape index (κ2) is 4.09. The number of hydrogen-bond acceptors (Lipinski definition) is 2. The van der Waals surface area contributed by atoms with Crippen molar-refractivity contribution in [3.63, 3.8) is 0 Å². The summed E-state index contributed by atoms with van der Waals surface area (Å²) < 4.78 is 0. The van der Waals surface area contributed by atoms with E-state index in [-0.39, 0.29) is 0 Å². The van der Waals surface area contributed by atoms with Gasteiger partial charge in [0.25, 0.3) is 0 Å². The molecular weight excluding hydrogens is 118 g/mol. The highest BCUT2D eigenvalue weighted by molar-refractivity contribution is 5.86. The zero-order valence-corrected chi connectivity index (χ0v) is 5.64. The summed E-state index contributed by atoms with van der Waals surface area (Å²) in [6, 6.07) is 0. The Morgan fingerprint density at radius 1 is 1.78 bits per heavy atom. The van der Waals surface area contributed by atoms with Crippen molar-refractivity contribution in [2.75, 3.05) is 13.6 Å². The lowest BCUT2D eigenvalue weighted by atomic mass is 10.2. The number of hydrogen-bond donors (Lipinski definition) is 2. The van der Waals surface area contributed by atoms with Gasteiger partial charge in [0, 0.05) is 12.1 Å². The summed E-state index contributed by atoms with van der Waals surface area (Å²) in [6.07, 6.45) is 1.58. The minimum absolute atomic E-state index is 0.400. The molecule has 0 rings (SSSR count). The van der Waals surface area contributed by atoms with Gasteiger partial charge in [-0.15, -0.1) is 0 Å². The van der Waals surface area contributed by atoms with Crippen molar-refractivity contribution in [3.05, 3.63) is 11.6 Å². The molecule has 0 spiro atoms. The first-order valence-electron chi connectivity index (χ1n) is 2.75. The minimum atomic E-state index is -0.855. The van der Waals surface area contributed by atoms with E-state index in [2.05, 4.69) is 5.32 Å². The second-order valence-electron chi connectivity index (χ2n) is 1.65. The molecule has 9 heavy (non-hydrogen) atoms. The van der Waals surface area contributed by atoms with Crippen LogP contribution in [0.15, 0.2) is 11.6 Å². The fourth-order valence-corrected chi connectivity index (χ4v) is 0.492. The van der Waals surface area contributed by atoms with Gasteiger partial charge in [0.15, 0.2) is 0 Å². The van der Waals surface area contributed by atoms with Crippen molar-refractivity contribution in [2.45, 2.75) is 6.92 Å². The fourth-order valence-electron chi connectivity index (χ4n) is 0.492. The number of carboxylic acid groups (broad SMARTS) is 1. The van der Waals surface area contributed by atoms with Crippen LogP contribution in [-0.4, -0.2) is 24.7 Å². The number of likely N-dealkylation sites (N-methyl/N-ethyl adjacent to an activating group) is 1. The monoisotopic (exact) mass is 129 g/mol. The van der Waals surface area contributed by atoms with Crippen LogP contribution in [0.3, 0.4) is 0 Å². The highest BCUT2D eigenvalue weighted by Gasteiger charge is 2.01. The van der Waals surface area contributed by atoms with Crippen molar-refractivity contribution >= 4 is 5.97 Å². The van der Waals surface area contributed by atoms with E-state index in [9.17, 15) is 4.79 Å². The molecule has 0 atom stereocenters. The first-order chi connectivity index (χ1) is 4.22. The molecular formula is C6H11NO2. The number of carbonyl (C=O) groups is 1. The zero-order chi connectivity index (χ0) is 7.28. The predicted octanol–water partition coefficient (Wildman–Crippen LogP) is 0.237. The smallest absolute Gasteiger partial charge is 0.332 e. The van der Waals surface area contributed by atoms with Gasteiger partial charge < -0.3 is 10.4 Å². The Hall–Kier alpha value is -0.830. The Bertz CT molecular complexity index is 129. The lowest BCUT2D eigenvalue weighted by Gasteiger charge is -1.96. The molecule has 0 aromatic carbocycles. The molecule has 0 heterocycles. The third-order valence-corrected chi connectivity index (χ3v) is 0.990. The summed E-state index contributed by atoms with van der Waals surface area (Å²) in [4.78, 5) is 10.2. The molecule has 52 valence electrons. The Morgan fingerprint density at radius 2 is 2.33 bits per heavy atom. The standard InChI is InChI=1S/C6H11NO2/c1-3-5(4-7-2)6(8)9/h3,7H,4H2,1-2H3,(H,8,9)/b5-3-. The number of aliphatic carboxylic acids is 1. The molecule has 0 radical (unpaired) electrons. The van der Waals surface area contributed by atoms with E-state index in [0.717, 1.165) is 0 Å². The van der Waals surface area contributed by atoms with Gasteiger partial charge in [0.05, 0.1) is 0 Å². The molecule has 3 heteroatoms. The van der Waals surface area contributed by atoms with Gasteiger partial charge in [-0.25, -0.2) is 4.79 Å². The molecule has 0 aliphatic carbocycles. The lowest BCUT2D eigenvalue weighted by Crippen LogP contribution is -2.16. The topological polar surface area (TPSA) is 49.3 Å². The van der Waals surface area contributed by atoms with Crippen LogP contribution in [0.25, 0.3) is 0 Å². The van der Waals surface area contributed by atoms with E-state index in [1.807, 2.05) is 0 Å². The molecule has 0 aliphatic rings. The van der Waals surface area contributed by atoms with Crippen molar-refractivity contribution < 1.29 is 9.90 Å². The quantitative estimate of drug-likeness (QED) is 0.536. The van der Waals surface area contributed by atoms with Crippen LogP contribution < -0.4 is 5.32 Å². The normalized spacial score (nSPS) is 11.6. The molecule has 0 fully saturated rings. The molecule has 3 nitrogen and oxygen atoms in total. The van der Waals surface area contributed by atoms with E-state index >= 15 is 0 Å². The van der Waals surface area contributed by atoms with Crippen molar-refractivity contribution in [1.29, 1.82) is 0 Å². The van der Waals surface area contributed by atoms with Gasteiger partial charge >= 0.3 is 5.97 Å². The molecule has 0 aromatic heterocycles. The molecule has 0 aliphatic heterocycles. The Labute approximate surface area is 54.4 Å². The average molecular weight is 129 g/mol. The molecule has 2 N–H and O–H groups in total. The third kappa shape index (κ3) is 2.87. The Kier molecular flexibility index (Phi) is 3.71. The van der Waals surface area contributed by atoms with Gasteiger partial charge in [-0.2, -0.15) is 0 Å². The lowest BCUT2D eigenvalue weighted by molar-refractivity contribution is -0.132. The zero-order valence-electron chi connectivity index (χ0n) is 5.64. The molecule has 0 aromatic rings. The minimum Gasteiger partial charge on any atom is -0.478 e. The molecule has 0 unspecified atom stereocenters. The van der Waals surface area contributed by atoms with Gasteiger partial charge in [-0.1, -0.05) is 6.08 Å². The number of allylic oxidation sites excluding steroid dienone is 1. The summed E-state index contributed by atoms with van der Waals surface area (Å²) in [5.74, 6) is -0.855. The van der Waals surface area contributed by atoms with Crippen LogP contribution in [0, 0.1) is 0 Å². The molecule has 0 amide bonds. The van der Waals surface area contributed by atoms with E-state index in [1.54, 1.807) is 20.0 Å². The summed E-state index contributed by atoms with van der Waals surface area (Å²) in [7, 11) is 1.71. The Morgan fingerprint density at radius 3 is 2.44 bits per heavy atom. The van der Waals surface area contributed by atoms with Crippen LogP contribution in [0.5, 0.6) is 0 Å². The summed E-state index contributed by atoms with van der Waals surface area (Å²) in [5.41, 5.74) is 0.400. The highest BCUT2D eigenvalue weighted by atomic mass is 16.4. The SMILES string of the molecule is C/C=C(/CNC)C(=O)O. The maximum Gasteiger partial charge on any atom is 0.332 e. The van der Waals surface area contributed by atoms with Gasteiger partial charge in [0.2, 0.25) is 0 Å². The van der Waals surface area contributed by atoms with Crippen LogP contribution >= 0.6 is 0 Å². The van der Waals surface area contributed by atoms with E-state index in [0.29, 0.717) is 12.1 Å². The summed E-state index contributed by atoms with van der Waals surface area (Å²) in [6.45, 7) is 2.13. The summed E-state index contributed by atoms with van der Waals surface area (Å²) in [5, 5.41) is 11.1. The highest BCUT2D eigenvalue weighted by Crippen LogP contribution is 1.89. The third-order valence-electron chi connectivity index (χ3n) is 0.990. The van der Waals surface area contributed by atoms with Crippen LogP contribution in [-0.2, 0) is 4.79 Å². The van der Waals surface area contributed by atoms with E-state index < -0.39 is 5.97 Å². The van der Waals surface area contributed by atoms with Crippen molar-refractivity contribution in [3.8, 4) is 0 Å².